The van der Waals surface area contributed by atoms with E-state index >= 15 is 0 Å². The maximum atomic E-state index is 4.83. The lowest BCUT2D eigenvalue weighted by molar-refractivity contribution is 0.119. The average Bonchev–Trinajstić information content (AvgIpc) is 2.49. The third-order valence-electron chi connectivity index (χ3n) is 1.82. The van der Waals surface area contributed by atoms with Crippen molar-refractivity contribution in [3.8, 4) is 0 Å². The van der Waals surface area contributed by atoms with Crippen molar-refractivity contribution in [2.24, 2.45) is 20.7 Å². The second-order valence-corrected chi connectivity index (χ2v) is 3.62. The first-order valence-electron chi connectivity index (χ1n) is 4.48. The fourth-order valence-electron chi connectivity index (χ4n) is 1.14. The van der Waals surface area contributed by atoms with E-state index in [1.807, 2.05) is 0 Å². The van der Waals surface area contributed by atoms with E-state index in [0.29, 0.717) is 22.0 Å². The second-order valence-electron chi connectivity index (χ2n) is 2.82. The summed E-state index contributed by atoms with van der Waals surface area (Å²) in [5, 5.41) is 28.9. The highest BCUT2D eigenvalue weighted by atomic mass is 32.2. The molecule has 2 aliphatic heterocycles. The molecule has 2 aliphatic rings. The lowest BCUT2D eigenvalue weighted by atomic mass is 10.3. The third-order valence-corrected chi connectivity index (χ3v) is 2.60. The molecule has 2 N–H and O–H groups in total. The molecule has 0 fully saturated rings. The van der Waals surface area contributed by atoms with Gasteiger partial charge in [-0.1, -0.05) is 5.22 Å². The Morgan fingerprint density at radius 3 is 3.00 bits per heavy atom. The van der Waals surface area contributed by atoms with Gasteiger partial charge >= 0.3 is 0 Å². The van der Waals surface area contributed by atoms with Crippen LogP contribution in [0.4, 0.5) is 0 Å². The van der Waals surface area contributed by atoms with Crippen molar-refractivity contribution in [3.05, 3.63) is 28.8 Å². The highest BCUT2D eigenvalue weighted by Crippen LogP contribution is 2.34. The summed E-state index contributed by atoms with van der Waals surface area (Å²) < 4.78 is 0. The number of nitrogens with one attached hydrogen (secondary N) is 2. The van der Waals surface area contributed by atoms with Crippen LogP contribution in [0.3, 0.4) is 0 Å². The lowest BCUT2D eigenvalue weighted by Crippen LogP contribution is -2.09. The number of nitrogens with zero attached hydrogens (tertiary/aromatic N) is 8. The molecule has 1 aromatic rings. The van der Waals surface area contributed by atoms with Crippen LogP contribution in [0.2, 0.25) is 0 Å². The monoisotopic (exact) mass is 263 g/mol. The fraction of sp³-hybridized carbons (Fsp3) is 0. The molecule has 0 bridgehead atoms. The molecule has 3 heterocycles. The molecule has 0 saturated carbocycles. The molecule has 0 aliphatic carbocycles. The first kappa shape index (κ1) is 10.5. The number of aromatic nitrogens is 4. The Hall–Kier alpha value is -2.63. The van der Waals surface area contributed by atoms with Crippen molar-refractivity contribution in [3.63, 3.8) is 0 Å². The van der Waals surface area contributed by atoms with Crippen LogP contribution < -0.4 is 10.4 Å². The first-order chi connectivity index (χ1) is 8.95. The molecule has 0 saturated heterocycles. The molecule has 12 heteroatoms. The van der Waals surface area contributed by atoms with Crippen molar-refractivity contribution >= 4 is 17.6 Å². The maximum absolute atomic E-state index is 4.83. The Labute approximate surface area is 104 Å². The molecular formula is C6H3N10OS. The van der Waals surface area contributed by atoms with E-state index in [9.17, 15) is 0 Å². The summed E-state index contributed by atoms with van der Waals surface area (Å²) in [5.74, 6) is 0. The van der Waals surface area contributed by atoms with E-state index in [4.69, 9.17) is 4.84 Å². The van der Waals surface area contributed by atoms with Gasteiger partial charge in [-0.2, -0.15) is 0 Å². The van der Waals surface area contributed by atoms with Crippen LogP contribution in [-0.2, 0) is 4.84 Å². The van der Waals surface area contributed by atoms with Gasteiger partial charge in [-0.05, 0) is 15.7 Å². The predicted octanol–water partition coefficient (Wildman–Crippen LogP) is 0.0974. The number of rotatable bonds is 2. The quantitative estimate of drug-likeness (QED) is 0.717. The summed E-state index contributed by atoms with van der Waals surface area (Å²) in [6.45, 7) is 0. The Morgan fingerprint density at radius 1 is 1.22 bits per heavy atom. The highest BCUT2D eigenvalue weighted by Gasteiger charge is 2.21. The van der Waals surface area contributed by atoms with E-state index in [0.717, 1.165) is 0 Å². The van der Waals surface area contributed by atoms with Crippen molar-refractivity contribution in [1.29, 1.82) is 0 Å². The van der Waals surface area contributed by atoms with Gasteiger partial charge in [0.1, 0.15) is 29.5 Å². The predicted molar refractivity (Wildman–Crippen MR) is 56.1 cm³/mol. The van der Waals surface area contributed by atoms with Gasteiger partial charge in [0.15, 0.2) is 0 Å². The Balaban J connectivity index is 2.07. The number of hydrogen-bond donors (Lipinski definition) is 2. The largest absolute Gasteiger partial charge is 0.369 e. The average molecular weight is 263 g/mol. The summed E-state index contributed by atoms with van der Waals surface area (Å²) in [4.78, 5) is 8.06. The molecule has 0 aromatic carbocycles. The summed E-state index contributed by atoms with van der Waals surface area (Å²) in [5.41, 5.74) is 3.38. The zero-order valence-electron chi connectivity index (χ0n) is 8.47. The van der Waals surface area contributed by atoms with Crippen molar-refractivity contribution < 1.29 is 4.84 Å². The van der Waals surface area contributed by atoms with Gasteiger partial charge in [-0.3, -0.25) is 0 Å². The normalized spacial score (nSPS) is 17.7. The Morgan fingerprint density at radius 2 is 2.22 bits per heavy atom. The molecule has 18 heavy (non-hydrogen) atoms. The van der Waals surface area contributed by atoms with Gasteiger partial charge in [0.05, 0.1) is 4.91 Å². The standard InChI is InChI=1S/C6H3N10OS/c1-3(8-12-11-7-1)5-6(18-16-14-10-5)4-2-17-15-13-9-4/h2H,(H,9,15)(H,10,16). The molecule has 0 unspecified atom stereocenters. The Kier molecular flexibility index (Phi) is 2.75. The van der Waals surface area contributed by atoms with Gasteiger partial charge in [0.25, 0.3) is 0 Å². The van der Waals surface area contributed by atoms with Crippen LogP contribution >= 0.6 is 11.9 Å². The molecule has 3 rings (SSSR count). The molecular weight excluding hydrogens is 260 g/mol. The van der Waals surface area contributed by atoms with Crippen LogP contribution in [0.15, 0.2) is 37.5 Å². The van der Waals surface area contributed by atoms with E-state index in [1.54, 1.807) is 0 Å². The van der Waals surface area contributed by atoms with Gasteiger partial charge < -0.3 is 4.84 Å². The van der Waals surface area contributed by atoms with Crippen LogP contribution in [0, 0.1) is 6.20 Å². The minimum Gasteiger partial charge on any atom is -0.369 e. The highest BCUT2D eigenvalue weighted by molar-refractivity contribution is 8.01. The smallest absolute Gasteiger partial charge is 0.150 e. The molecule has 89 valence electrons. The molecule has 1 radical (unpaired) electrons. The molecule has 0 amide bonds. The molecule has 0 spiro atoms. The van der Waals surface area contributed by atoms with E-state index in [2.05, 4.69) is 57.9 Å². The molecule has 11 nitrogen and oxygen atoms in total. The molecule has 1 aromatic heterocycles. The summed E-state index contributed by atoms with van der Waals surface area (Å²) in [7, 11) is 0. The topological polar surface area (TPSA) is 134 Å². The van der Waals surface area contributed by atoms with Crippen LogP contribution in [-0.4, -0.2) is 20.6 Å². The molecule has 0 atom stereocenters. The minimum absolute atomic E-state index is 0.299. The van der Waals surface area contributed by atoms with Crippen molar-refractivity contribution in [2.75, 3.05) is 0 Å². The van der Waals surface area contributed by atoms with Gasteiger partial charge in [0, 0.05) is 11.9 Å². The zero-order chi connectivity index (χ0) is 12.2. The van der Waals surface area contributed by atoms with Gasteiger partial charge in [-0.25, -0.2) is 4.83 Å². The van der Waals surface area contributed by atoms with Gasteiger partial charge in [-0.15, -0.1) is 26.0 Å². The minimum atomic E-state index is 0.299. The SMILES string of the molecule is [c]1nnnnc1C1=C(C2=CONN=N2)SNN=N1. The van der Waals surface area contributed by atoms with E-state index < -0.39 is 0 Å². The summed E-state index contributed by atoms with van der Waals surface area (Å²) in [6.07, 6.45) is 3.94. The maximum Gasteiger partial charge on any atom is 0.150 e. The summed E-state index contributed by atoms with van der Waals surface area (Å²) in [6, 6.07) is 0. The lowest BCUT2D eigenvalue weighted by Gasteiger charge is -2.13. The van der Waals surface area contributed by atoms with Gasteiger partial charge in [0.2, 0.25) is 0 Å². The van der Waals surface area contributed by atoms with Crippen LogP contribution in [0.1, 0.15) is 5.69 Å². The second kappa shape index (κ2) is 4.70. The Bertz CT molecular complexity index is 565. The van der Waals surface area contributed by atoms with Crippen LogP contribution in [0.5, 0.6) is 0 Å². The van der Waals surface area contributed by atoms with E-state index in [-0.39, 0.29) is 0 Å². The first-order valence-corrected chi connectivity index (χ1v) is 5.29. The zero-order valence-corrected chi connectivity index (χ0v) is 9.29. The number of hydrogen-bond acceptors (Lipinski definition) is 12. The van der Waals surface area contributed by atoms with Crippen molar-refractivity contribution in [2.45, 2.75) is 0 Å². The third kappa shape index (κ3) is 1.95. The van der Waals surface area contributed by atoms with Crippen molar-refractivity contribution in [1.82, 2.24) is 31.0 Å². The van der Waals surface area contributed by atoms with E-state index in [1.165, 1.54) is 18.2 Å². The fourth-order valence-corrected chi connectivity index (χ4v) is 1.74. The van der Waals surface area contributed by atoms with Crippen LogP contribution in [0.25, 0.3) is 5.70 Å². The summed E-state index contributed by atoms with van der Waals surface area (Å²) >= 11 is 1.18.